The van der Waals surface area contributed by atoms with Gasteiger partial charge in [0.15, 0.2) is 0 Å². The summed E-state index contributed by atoms with van der Waals surface area (Å²) in [6, 6.07) is 19.7. The van der Waals surface area contributed by atoms with E-state index in [0.29, 0.717) is 11.5 Å². The number of methoxy groups -OCH3 is 1. The van der Waals surface area contributed by atoms with Gasteiger partial charge in [0.25, 0.3) is 0 Å². The SMILES string of the molecule is CNS(=O)(=O)c1ccc(-c2cccc(NC(=O)C3(c4ccc(OC)cc4)CCCCC3)n2)cc1. The first kappa shape index (κ1) is 23.9. The van der Waals surface area contributed by atoms with Crippen LogP contribution in [0.4, 0.5) is 5.82 Å². The molecule has 7 nitrogen and oxygen atoms in total. The molecule has 2 N–H and O–H groups in total. The summed E-state index contributed by atoms with van der Waals surface area (Å²) in [6.07, 6.45) is 4.68. The zero-order valence-corrected chi connectivity index (χ0v) is 20.2. The van der Waals surface area contributed by atoms with Gasteiger partial charge in [-0.2, -0.15) is 0 Å². The number of hydrogen-bond acceptors (Lipinski definition) is 5. The Hall–Kier alpha value is -3.23. The Labute approximate surface area is 200 Å². The van der Waals surface area contributed by atoms with Crippen LogP contribution < -0.4 is 14.8 Å². The number of hydrogen-bond donors (Lipinski definition) is 2. The number of pyridine rings is 1. The van der Waals surface area contributed by atoms with Crippen molar-refractivity contribution < 1.29 is 17.9 Å². The van der Waals surface area contributed by atoms with Crippen molar-refractivity contribution in [3.8, 4) is 17.0 Å². The van der Waals surface area contributed by atoms with Crippen LogP contribution in [0.2, 0.25) is 0 Å². The quantitative estimate of drug-likeness (QED) is 0.520. The molecule has 3 aromatic rings. The molecule has 178 valence electrons. The Balaban J connectivity index is 1.59. The lowest BCUT2D eigenvalue weighted by Gasteiger charge is -2.36. The summed E-state index contributed by atoms with van der Waals surface area (Å²) in [4.78, 5) is 18.4. The average molecular weight is 480 g/mol. The Morgan fingerprint density at radius 3 is 2.24 bits per heavy atom. The Morgan fingerprint density at radius 1 is 0.941 bits per heavy atom. The minimum atomic E-state index is -3.51. The number of rotatable bonds is 7. The fourth-order valence-electron chi connectivity index (χ4n) is 4.54. The minimum absolute atomic E-state index is 0.0579. The number of nitrogens with one attached hydrogen (secondary N) is 2. The third-order valence-corrected chi connectivity index (χ3v) is 7.93. The van der Waals surface area contributed by atoms with Crippen LogP contribution >= 0.6 is 0 Å². The number of sulfonamides is 1. The van der Waals surface area contributed by atoms with Gasteiger partial charge in [-0.3, -0.25) is 4.79 Å². The number of carbonyl (C=O) groups excluding carboxylic acids is 1. The maximum atomic E-state index is 13.6. The second-order valence-electron chi connectivity index (χ2n) is 8.47. The lowest BCUT2D eigenvalue weighted by Crippen LogP contribution is -2.42. The first-order chi connectivity index (χ1) is 16.4. The van der Waals surface area contributed by atoms with Crippen molar-refractivity contribution in [1.82, 2.24) is 9.71 Å². The Bertz CT molecular complexity index is 1250. The third-order valence-electron chi connectivity index (χ3n) is 6.50. The number of carbonyl (C=O) groups is 1. The highest BCUT2D eigenvalue weighted by Crippen LogP contribution is 2.41. The highest BCUT2D eigenvalue weighted by Gasteiger charge is 2.41. The number of amides is 1. The highest BCUT2D eigenvalue weighted by atomic mass is 32.2. The van der Waals surface area contributed by atoms with E-state index in [2.05, 4.69) is 15.0 Å². The molecule has 0 saturated heterocycles. The smallest absolute Gasteiger partial charge is 0.240 e. The van der Waals surface area contributed by atoms with E-state index in [-0.39, 0.29) is 10.8 Å². The maximum Gasteiger partial charge on any atom is 0.240 e. The van der Waals surface area contributed by atoms with Gasteiger partial charge in [0.2, 0.25) is 15.9 Å². The van der Waals surface area contributed by atoms with Crippen LogP contribution in [0, 0.1) is 0 Å². The molecule has 1 aromatic heterocycles. The second-order valence-corrected chi connectivity index (χ2v) is 10.4. The molecule has 8 heteroatoms. The van der Waals surface area contributed by atoms with Gasteiger partial charge in [0, 0.05) is 5.56 Å². The number of anilines is 1. The molecule has 34 heavy (non-hydrogen) atoms. The molecular weight excluding hydrogens is 450 g/mol. The average Bonchev–Trinajstić information content (AvgIpc) is 2.89. The molecule has 1 amide bonds. The normalized spacial score (nSPS) is 15.5. The molecule has 2 aromatic carbocycles. The summed E-state index contributed by atoms with van der Waals surface area (Å²) in [5.41, 5.74) is 1.79. The summed E-state index contributed by atoms with van der Waals surface area (Å²) in [5, 5.41) is 3.05. The van der Waals surface area contributed by atoms with E-state index >= 15 is 0 Å². The first-order valence-electron chi connectivity index (χ1n) is 11.3. The molecule has 0 atom stereocenters. The molecule has 1 aliphatic rings. The molecule has 0 unspecified atom stereocenters. The van der Waals surface area contributed by atoms with Gasteiger partial charge in [-0.05, 0) is 61.9 Å². The molecule has 1 heterocycles. The summed E-state index contributed by atoms with van der Waals surface area (Å²) in [7, 11) is -0.501. The number of ether oxygens (including phenoxy) is 1. The fourth-order valence-corrected chi connectivity index (χ4v) is 5.27. The van der Waals surface area contributed by atoms with Gasteiger partial charge in [-0.1, -0.05) is 49.6 Å². The monoisotopic (exact) mass is 479 g/mol. The van der Waals surface area contributed by atoms with Crippen LogP contribution in [0.15, 0.2) is 71.6 Å². The van der Waals surface area contributed by atoms with Crippen LogP contribution in [0.3, 0.4) is 0 Å². The van der Waals surface area contributed by atoms with Gasteiger partial charge in [-0.15, -0.1) is 0 Å². The predicted octanol–water partition coefficient (Wildman–Crippen LogP) is 4.51. The van der Waals surface area contributed by atoms with E-state index < -0.39 is 15.4 Å². The summed E-state index contributed by atoms with van der Waals surface area (Å²) >= 11 is 0. The molecule has 0 bridgehead atoms. The lowest BCUT2D eigenvalue weighted by atomic mass is 9.68. The van der Waals surface area contributed by atoms with E-state index in [1.807, 2.05) is 36.4 Å². The summed E-state index contributed by atoms with van der Waals surface area (Å²) < 4.78 is 31.5. The molecule has 1 aliphatic carbocycles. The summed E-state index contributed by atoms with van der Waals surface area (Å²) in [6.45, 7) is 0. The summed E-state index contributed by atoms with van der Waals surface area (Å²) in [5.74, 6) is 1.17. The maximum absolute atomic E-state index is 13.6. The molecule has 0 radical (unpaired) electrons. The molecular formula is C26H29N3O4S. The molecule has 0 spiro atoms. The van der Waals surface area contributed by atoms with Crippen molar-refractivity contribution in [3.63, 3.8) is 0 Å². The van der Waals surface area contributed by atoms with Gasteiger partial charge < -0.3 is 10.1 Å². The van der Waals surface area contributed by atoms with E-state index in [1.165, 1.54) is 19.2 Å². The predicted molar refractivity (Wildman–Crippen MR) is 132 cm³/mol. The number of aromatic nitrogens is 1. The van der Waals surface area contributed by atoms with Gasteiger partial charge in [0.05, 0.1) is 23.1 Å². The van der Waals surface area contributed by atoms with E-state index in [9.17, 15) is 13.2 Å². The van der Waals surface area contributed by atoms with E-state index in [0.717, 1.165) is 49.0 Å². The topological polar surface area (TPSA) is 97.4 Å². The van der Waals surface area contributed by atoms with Crippen molar-refractivity contribution in [3.05, 3.63) is 72.3 Å². The standard InChI is InChI=1S/C26H29N3O4S/c1-27-34(31,32)22-15-9-19(10-16-22)23-7-6-8-24(28-23)29-25(30)26(17-4-3-5-18-26)20-11-13-21(33-2)14-12-20/h6-16,27H,3-5,17-18H2,1-2H3,(H,28,29,30). The van der Waals surface area contributed by atoms with Crippen LogP contribution in [0.25, 0.3) is 11.3 Å². The molecule has 0 aliphatic heterocycles. The fraction of sp³-hybridized carbons (Fsp3) is 0.308. The van der Waals surface area contributed by atoms with Gasteiger partial charge >= 0.3 is 0 Å². The number of nitrogens with zero attached hydrogens (tertiary/aromatic N) is 1. The second kappa shape index (κ2) is 9.95. The minimum Gasteiger partial charge on any atom is -0.497 e. The van der Waals surface area contributed by atoms with Crippen LogP contribution in [0.5, 0.6) is 5.75 Å². The zero-order valence-electron chi connectivity index (χ0n) is 19.4. The van der Waals surface area contributed by atoms with Gasteiger partial charge in [-0.25, -0.2) is 18.1 Å². The molecule has 4 rings (SSSR count). The lowest BCUT2D eigenvalue weighted by molar-refractivity contribution is -0.122. The van der Waals surface area contributed by atoms with E-state index in [1.54, 1.807) is 25.3 Å². The van der Waals surface area contributed by atoms with Crippen LogP contribution in [0.1, 0.15) is 37.7 Å². The van der Waals surface area contributed by atoms with Crippen LogP contribution in [-0.2, 0) is 20.2 Å². The number of benzene rings is 2. The van der Waals surface area contributed by atoms with Crippen molar-refractivity contribution in [2.24, 2.45) is 0 Å². The molecule has 1 saturated carbocycles. The Kier molecular flexibility index (Phi) is 7.00. The van der Waals surface area contributed by atoms with Crippen molar-refractivity contribution >= 4 is 21.7 Å². The van der Waals surface area contributed by atoms with Gasteiger partial charge in [0.1, 0.15) is 11.6 Å². The van der Waals surface area contributed by atoms with Crippen molar-refractivity contribution in [2.45, 2.75) is 42.4 Å². The molecule has 1 fully saturated rings. The first-order valence-corrected chi connectivity index (χ1v) is 12.8. The third kappa shape index (κ3) is 4.83. The zero-order chi connectivity index (χ0) is 24.2. The van der Waals surface area contributed by atoms with Crippen LogP contribution in [-0.4, -0.2) is 33.5 Å². The Morgan fingerprint density at radius 2 is 1.62 bits per heavy atom. The highest BCUT2D eigenvalue weighted by molar-refractivity contribution is 7.89. The van der Waals surface area contributed by atoms with Crippen molar-refractivity contribution in [2.75, 3.05) is 19.5 Å². The largest absolute Gasteiger partial charge is 0.497 e. The van der Waals surface area contributed by atoms with Crippen molar-refractivity contribution in [1.29, 1.82) is 0 Å². The van der Waals surface area contributed by atoms with E-state index in [4.69, 9.17) is 4.74 Å².